The van der Waals surface area contributed by atoms with Gasteiger partial charge in [-0.1, -0.05) is 23.2 Å². The van der Waals surface area contributed by atoms with Gasteiger partial charge in [-0.15, -0.1) is 0 Å². The first kappa shape index (κ1) is 10.9. The van der Waals surface area contributed by atoms with E-state index in [1.165, 1.54) is 19.1 Å². The van der Waals surface area contributed by atoms with Gasteiger partial charge in [-0.3, -0.25) is 14.9 Å². The normalized spacial score (nSPS) is 9.64. The molecule has 0 atom stereocenters. The molecule has 0 radical (unpaired) electrons. The zero-order valence-corrected chi connectivity index (χ0v) is 8.69. The quantitative estimate of drug-likeness (QED) is 0.750. The Hall–Kier alpha value is -1.13. The minimum atomic E-state index is -0.552. The van der Waals surface area contributed by atoms with E-state index in [4.69, 9.17) is 23.2 Å². The Morgan fingerprint density at radius 3 is 2.21 bits per heavy atom. The molecule has 0 aliphatic heterocycles. The van der Waals surface area contributed by atoms with E-state index in [9.17, 15) is 9.59 Å². The number of nitrogens with zero attached hydrogens (tertiary/aromatic N) is 1. The molecule has 74 valence electrons. The Morgan fingerprint density at radius 2 is 1.79 bits per heavy atom. The fraction of sp³-hybridized carbons (Fsp3) is 0.125. The lowest BCUT2D eigenvalue weighted by atomic mass is 10.2. The van der Waals surface area contributed by atoms with E-state index in [1.807, 2.05) is 0 Å². The third kappa shape index (κ3) is 2.97. The first-order valence-corrected chi connectivity index (χ1v) is 4.39. The van der Waals surface area contributed by atoms with Gasteiger partial charge in [-0.25, -0.2) is 4.98 Å². The largest absolute Gasteiger partial charge is 0.293 e. The average Bonchev–Trinajstić information content (AvgIpc) is 2.00. The predicted octanol–water partition coefficient (Wildman–Crippen LogP) is 1.66. The lowest BCUT2D eigenvalue weighted by Crippen LogP contribution is -2.27. The maximum Gasteiger partial charge on any atom is 0.258 e. The van der Waals surface area contributed by atoms with Gasteiger partial charge in [0.2, 0.25) is 5.91 Å². The van der Waals surface area contributed by atoms with Gasteiger partial charge in [0, 0.05) is 12.5 Å². The predicted molar refractivity (Wildman–Crippen MR) is 52.4 cm³/mol. The van der Waals surface area contributed by atoms with Crippen molar-refractivity contribution < 1.29 is 9.59 Å². The summed E-state index contributed by atoms with van der Waals surface area (Å²) in [4.78, 5) is 25.5. The van der Waals surface area contributed by atoms with Crippen LogP contribution in [-0.2, 0) is 4.79 Å². The van der Waals surface area contributed by atoms with E-state index < -0.39 is 11.8 Å². The Labute approximate surface area is 90.2 Å². The highest BCUT2D eigenvalue weighted by atomic mass is 35.5. The summed E-state index contributed by atoms with van der Waals surface area (Å²) >= 11 is 11.1. The lowest BCUT2D eigenvalue weighted by Gasteiger charge is -2.01. The number of hydrogen-bond acceptors (Lipinski definition) is 3. The molecule has 1 aromatic rings. The fourth-order valence-corrected chi connectivity index (χ4v) is 1.29. The molecule has 0 aromatic carbocycles. The molecule has 1 rings (SSSR count). The van der Waals surface area contributed by atoms with Gasteiger partial charge in [-0.2, -0.15) is 0 Å². The smallest absolute Gasteiger partial charge is 0.258 e. The second-order valence-corrected chi connectivity index (χ2v) is 3.29. The number of rotatable bonds is 1. The topological polar surface area (TPSA) is 59.1 Å². The summed E-state index contributed by atoms with van der Waals surface area (Å²) in [6.45, 7) is 1.24. The number of hydrogen-bond donors (Lipinski definition) is 1. The van der Waals surface area contributed by atoms with Gasteiger partial charge in [0.1, 0.15) is 10.3 Å². The summed E-state index contributed by atoms with van der Waals surface area (Å²) in [5.41, 5.74) is 0.199. The third-order valence-electron chi connectivity index (χ3n) is 1.31. The van der Waals surface area contributed by atoms with Gasteiger partial charge in [0.25, 0.3) is 5.91 Å². The van der Waals surface area contributed by atoms with Crippen molar-refractivity contribution in [3.8, 4) is 0 Å². The summed E-state index contributed by atoms with van der Waals surface area (Å²) < 4.78 is 0. The Bertz CT molecular complexity index is 373. The molecule has 1 heterocycles. The van der Waals surface area contributed by atoms with Crippen LogP contribution in [0.2, 0.25) is 10.3 Å². The van der Waals surface area contributed by atoms with Crippen LogP contribution in [0.15, 0.2) is 12.1 Å². The molecule has 4 nitrogen and oxygen atoms in total. The van der Waals surface area contributed by atoms with E-state index in [0.29, 0.717) is 0 Å². The SMILES string of the molecule is CC(=O)NC(=O)c1cc(Cl)nc(Cl)c1. The molecule has 1 N–H and O–H groups in total. The highest BCUT2D eigenvalue weighted by Gasteiger charge is 2.09. The highest BCUT2D eigenvalue weighted by Crippen LogP contribution is 2.14. The number of halogens is 2. The van der Waals surface area contributed by atoms with Crippen molar-refractivity contribution in [2.75, 3.05) is 0 Å². The van der Waals surface area contributed by atoms with E-state index >= 15 is 0 Å². The standard InChI is InChI=1S/C8H6Cl2N2O2/c1-4(13)11-8(14)5-2-6(9)12-7(10)3-5/h2-3H,1H3,(H,11,13,14). The molecule has 0 bridgehead atoms. The summed E-state index contributed by atoms with van der Waals surface area (Å²) in [6.07, 6.45) is 0. The van der Waals surface area contributed by atoms with Crippen molar-refractivity contribution in [3.63, 3.8) is 0 Å². The minimum absolute atomic E-state index is 0.103. The van der Waals surface area contributed by atoms with Crippen molar-refractivity contribution in [3.05, 3.63) is 28.0 Å². The average molecular weight is 233 g/mol. The molecule has 14 heavy (non-hydrogen) atoms. The zero-order valence-electron chi connectivity index (χ0n) is 7.17. The molecule has 0 aliphatic rings. The molecule has 1 aromatic heterocycles. The van der Waals surface area contributed by atoms with Gasteiger partial charge < -0.3 is 0 Å². The van der Waals surface area contributed by atoms with Crippen LogP contribution in [0.4, 0.5) is 0 Å². The van der Waals surface area contributed by atoms with Crippen LogP contribution >= 0.6 is 23.2 Å². The van der Waals surface area contributed by atoms with Crippen molar-refractivity contribution in [2.24, 2.45) is 0 Å². The molecular formula is C8H6Cl2N2O2. The molecule has 0 saturated heterocycles. The number of aromatic nitrogens is 1. The number of imide groups is 1. The van der Waals surface area contributed by atoms with Crippen LogP contribution in [-0.4, -0.2) is 16.8 Å². The molecular weight excluding hydrogens is 227 g/mol. The number of nitrogens with one attached hydrogen (secondary N) is 1. The van der Waals surface area contributed by atoms with Gasteiger partial charge in [0.05, 0.1) is 0 Å². The Kier molecular flexibility index (Phi) is 3.43. The maximum atomic E-state index is 11.3. The molecule has 0 saturated carbocycles. The van der Waals surface area contributed by atoms with Crippen LogP contribution in [0.25, 0.3) is 0 Å². The Morgan fingerprint density at radius 1 is 1.29 bits per heavy atom. The summed E-state index contributed by atoms with van der Waals surface area (Å²) in [5, 5.41) is 2.30. The third-order valence-corrected chi connectivity index (χ3v) is 1.70. The maximum absolute atomic E-state index is 11.3. The van der Waals surface area contributed by atoms with Crippen LogP contribution < -0.4 is 5.32 Å². The van der Waals surface area contributed by atoms with E-state index in [0.717, 1.165) is 0 Å². The minimum Gasteiger partial charge on any atom is -0.293 e. The van der Waals surface area contributed by atoms with E-state index in [-0.39, 0.29) is 15.9 Å². The number of pyridine rings is 1. The lowest BCUT2D eigenvalue weighted by molar-refractivity contribution is -0.118. The summed E-state index contributed by atoms with van der Waals surface area (Å²) in [6, 6.07) is 2.65. The second-order valence-electron chi connectivity index (χ2n) is 2.51. The molecule has 0 spiro atoms. The van der Waals surface area contributed by atoms with Gasteiger partial charge in [-0.05, 0) is 12.1 Å². The zero-order chi connectivity index (χ0) is 10.7. The molecule has 2 amide bonds. The first-order valence-electron chi connectivity index (χ1n) is 3.64. The summed E-state index contributed by atoms with van der Waals surface area (Å²) in [7, 11) is 0. The molecule has 6 heteroatoms. The summed E-state index contributed by atoms with van der Waals surface area (Å²) in [5.74, 6) is -0.997. The fourth-order valence-electron chi connectivity index (χ4n) is 0.828. The van der Waals surface area contributed by atoms with Crippen molar-refractivity contribution >= 4 is 35.0 Å². The van der Waals surface area contributed by atoms with Crippen molar-refractivity contribution in [2.45, 2.75) is 6.92 Å². The Balaban J connectivity index is 2.95. The van der Waals surface area contributed by atoms with E-state index in [2.05, 4.69) is 10.3 Å². The number of amides is 2. The van der Waals surface area contributed by atoms with Gasteiger partial charge in [0.15, 0.2) is 0 Å². The molecule has 0 fully saturated rings. The van der Waals surface area contributed by atoms with Gasteiger partial charge >= 0.3 is 0 Å². The second kappa shape index (κ2) is 4.39. The van der Waals surface area contributed by atoms with Crippen LogP contribution in [0.5, 0.6) is 0 Å². The molecule has 0 unspecified atom stereocenters. The monoisotopic (exact) mass is 232 g/mol. The highest BCUT2D eigenvalue weighted by molar-refractivity contribution is 6.33. The van der Waals surface area contributed by atoms with Crippen LogP contribution in [0, 0.1) is 0 Å². The number of carbonyl (C=O) groups is 2. The number of carbonyl (C=O) groups excluding carboxylic acids is 2. The molecule has 0 aliphatic carbocycles. The van der Waals surface area contributed by atoms with Crippen molar-refractivity contribution in [1.82, 2.24) is 10.3 Å². The van der Waals surface area contributed by atoms with E-state index in [1.54, 1.807) is 0 Å². The van der Waals surface area contributed by atoms with Crippen LogP contribution in [0.3, 0.4) is 0 Å². The first-order chi connectivity index (χ1) is 6.49. The van der Waals surface area contributed by atoms with Crippen LogP contribution in [0.1, 0.15) is 17.3 Å². The van der Waals surface area contributed by atoms with Crippen molar-refractivity contribution in [1.29, 1.82) is 0 Å².